The van der Waals surface area contributed by atoms with E-state index in [-0.39, 0.29) is 5.89 Å². The number of halogens is 1. The van der Waals surface area contributed by atoms with Crippen molar-refractivity contribution >= 4 is 11.6 Å². The van der Waals surface area contributed by atoms with Crippen molar-refractivity contribution in [1.29, 1.82) is 0 Å². The van der Waals surface area contributed by atoms with E-state index in [1.165, 1.54) is 7.11 Å². The van der Waals surface area contributed by atoms with Gasteiger partial charge in [0.2, 0.25) is 0 Å². The third kappa shape index (κ3) is 1.87. The van der Waals surface area contributed by atoms with Gasteiger partial charge in [-0.2, -0.15) is 0 Å². The largest absolute Gasteiger partial charge is 0.496 e. The fourth-order valence-electron chi connectivity index (χ4n) is 1.19. The van der Waals surface area contributed by atoms with Gasteiger partial charge in [0.1, 0.15) is 5.75 Å². The van der Waals surface area contributed by atoms with Gasteiger partial charge in [-0.15, -0.1) is 5.10 Å². The first-order valence-electron chi connectivity index (χ1n) is 4.10. The molecule has 15 heavy (non-hydrogen) atoms. The molecule has 5 nitrogen and oxygen atoms in total. The minimum absolute atomic E-state index is 0.152. The average molecular weight is 227 g/mol. The topological polar surface area (TPSA) is 68.1 Å². The lowest BCUT2D eigenvalue weighted by Gasteiger charge is -2.04. The molecular weight excluding hydrogens is 220 g/mol. The molecule has 0 aliphatic rings. The van der Waals surface area contributed by atoms with E-state index in [1.807, 2.05) is 0 Å². The Balaban J connectivity index is 2.59. The van der Waals surface area contributed by atoms with Crippen LogP contribution in [0.15, 0.2) is 27.4 Å². The summed E-state index contributed by atoms with van der Waals surface area (Å²) in [5, 5.41) is 6.37. The molecule has 6 heteroatoms. The fraction of sp³-hybridized carbons (Fsp3) is 0.111. The first-order valence-corrected chi connectivity index (χ1v) is 4.48. The molecule has 1 aromatic carbocycles. The summed E-state index contributed by atoms with van der Waals surface area (Å²) in [7, 11) is 1.51. The van der Waals surface area contributed by atoms with E-state index in [4.69, 9.17) is 20.8 Å². The standard InChI is InChI=1S/C9H7ClN2O3/c1-14-7-3-2-5(10)4-6(7)8-11-12-9(13)15-8/h2-4H,1H3,(H,12,13). The van der Waals surface area contributed by atoms with Gasteiger partial charge in [0, 0.05) is 5.02 Å². The Morgan fingerprint density at radius 1 is 1.53 bits per heavy atom. The first kappa shape index (κ1) is 9.79. The molecule has 0 atom stereocenters. The molecule has 0 aliphatic carbocycles. The third-order valence-electron chi connectivity index (χ3n) is 1.83. The molecule has 2 rings (SSSR count). The molecule has 0 bridgehead atoms. The molecule has 1 N–H and O–H groups in total. The second-order valence-corrected chi connectivity index (χ2v) is 3.20. The Morgan fingerprint density at radius 3 is 2.93 bits per heavy atom. The summed E-state index contributed by atoms with van der Waals surface area (Å²) >= 11 is 5.82. The Bertz CT molecular complexity index is 532. The lowest BCUT2D eigenvalue weighted by Crippen LogP contribution is -1.93. The van der Waals surface area contributed by atoms with Crippen LogP contribution in [-0.2, 0) is 0 Å². The van der Waals surface area contributed by atoms with Crippen molar-refractivity contribution in [1.82, 2.24) is 10.2 Å². The Kier molecular flexibility index (Phi) is 2.47. The molecule has 78 valence electrons. The summed E-state index contributed by atoms with van der Waals surface area (Å²) in [6.07, 6.45) is 0. The maximum absolute atomic E-state index is 10.8. The molecule has 0 saturated carbocycles. The van der Waals surface area contributed by atoms with E-state index in [0.29, 0.717) is 16.3 Å². The highest BCUT2D eigenvalue weighted by atomic mass is 35.5. The van der Waals surface area contributed by atoms with Crippen molar-refractivity contribution in [3.05, 3.63) is 33.8 Å². The van der Waals surface area contributed by atoms with Crippen molar-refractivity contribution in [2.75, 3.05) is 7.11 Å². The summed E-state index contributed by atoms with van der Waals surface area (Å²) in [6, 6.07) is 4.96. The van der Waals surface area contributed by atoms with Gasteiger partial charge in [-0.05, 0) is 18.2 Å². The number of benzene rings is 1. The molecule has 0 fully saturated rings. The van der Waals surface area contributed by atoms with Crippen LogP contribution in [0.3, 0.4) is 0 Å². The quantitative estimate of drug-likeness (QED) is 0.846. The van der Waals surface area contributed by atoms with Gasteiger partial charge in [-0.3, -0.25) is 0 Å². The maximum atomic E-state index is 10.8. The van der Waals surface area contributed by atoms with E-state index in [2.05, 4.69) is 10.2 Å². The lowest BCUT2D eigenvalue weighted by atomic mass is 10.2. The van der Waals surface area contributed by atoms with Crippen LogP contribution < -0.4 is 10.5 Å². The van der Waals surface area contributed by atoms with Gasteiger partial charge in [0.05, 0.1) is 12.7 Å². The summed E-state index contributed by atoms with van der Waals surface area (Å²) in [4.78, 5) is 10.8. The number of nitrogens with zero attached hydrogens (tertiary/aromatic N) is 1. The number of nitrogens with one attached hydrogen (secondary N) is 1. The second kappa shape index (κ2) is 3.78. The summed E-state index contributed by atoms with van der Waals surface area (Å²) in [5.41, 5.74) is 0.531. The second-order valence-electron chi connectivity index (χ2n) is 2.76. The fourth-order valence-corrected chi connectivity index (χ4v) is 1.36. The smallest absolute Gasteiger partial charge is 0.434 e. The van der Waals surface area contributed by atoms with E-state index in [9.17, 15) is 4.79 Å². The van der Waals surface area contributed by atoms with Crippen LogP contribution in [0.4, 0.5) is 0 Å². The van der Waals surface area contributed by atoms with Crippen molar-refractivity contribution in [3.63, 3.8) is 0 Å². The minimum atomic E-state index is -0.618. The zero-order chi connectivity index (χ0) is 10.8. The number of aromatic amines is 1. The van der Waals surface area contributed by atoms with E-state index >= 15 is 0 Å². The van der Waals surface area contributed by atoms with Crippen LogP contribution in [0.1, 0.15) is 0 Å². The van der Waals surface area contributed by atoms with Gasteiger partial charge in [-0.1, -0.05) is 11.6 Å². The molecule has 2 aromatic rings. The van der Waals surface area contributed by atoms with Crippen molar-refractivity contribution in [3.8, 4) is 17.2 Å². The van der Waals surface area contributed by atoms with Crippen LogP contribution in [0.25, 0.3) is 11.5 Å². The Morgan fingerprint density at radius 2 is 2.33 bits per heavy atom. The average Bonchev–Trinajstić information content (AvgIpc) is 2.65. The summed E-state index contributed by atoms with van der Waals surface area (Å²) < 4.78 is 9.90. The van der Waals surface area contributed by atoms with Gasteiger partial charge in [-0.25, -0.2) is 9.89 Å². The lowest BCUT2D eigenvalue weighted by molar-refractivity contribution is 0.413. The molecule has 0 saturated heterocycles. The maximum Gasteiger partial charge on any atom is 0.434 e. The molecule has 0 amide bonds. The van der Waals surface area contributed by atoms with E-state index in [1.54, 1.807) is 18.2 Å². The first-order chi connectivity index (χ1) is 7.20. The van der Waals surface area contributed by atoms with Crippen molar-refractivity contribution < 1.29 is 9.15 Å². The normalized spacial score (nSPS) is 10.3. The Labute approximate surface area is 89.6 Å². The SMILES string of the molecule is COc1ccc(Cl)cc1-c1n[nH]c(=O)o1. The number of rotatable bonds is 2. The summed E-state index contributed by atoms with van der Waals surface area (Å²) in [5.74, 6) is 0.0704. The number of hydrogen-bond donors (Lipinski definition) is 1. The zero-order valence-electron chi connectivity index (χ0n) is 7.78. The molecule has 0 radical (unpaired) electrons. The number of hydrogen-bond acceptors (Lipinski definition) is 4. The Hall–Kier alpha value is -1.75. The summed E-state index contributed by atoms with van der Waals surface area (Å²) in [6.45, 7) is 0. The van der Waals surface area contributed by atoms with Crippen LogP contribution >= 0.6 is 11.6 Å². The van der Waals surface area contributed by atoms with Gasteiger partial charge >= 0.3 is 5.76 Å². The number of methoxy groups -OCH3 is 1. The highest BCUT2D eigenvalue weighted by molar-refractivity contribution is 6.30. The van der Waals surface area contributed by atoms with Gasteiger partial charge < -0.3 is 9.15 Å². The molecular formula is C9H7ClN2O3. The van der Waals surface area contributed by atoms with Crippen molar-refractivity contribution in [2.24, 2.45) is 0 Å². The van der Waals surface area contributed by atoms with Crippen LogP contribution in [0.5, 0.6) is 5.75 Å². The third-order valence-corrected chi connectivity index (χ3v) is 2.07. The van der Waals surface area contributed by atoms with Gasteiger partial charge in [0.25, 0.3) is 5.89 Å². The zero-order valence-corrected chi connectivity index (χ0v) is 8.54. The highest BCUT2D eigenvalue weighted by Gasteiger charge is 2.11. The van der Waals surface area contributed by atoms with Gasteiger partial charge in [0.15, 0.2) is 0 Å². The number of aromatic nitrogens is 2. The van der Waals surface area contributed by atoms with Crippen molar-refractivity contribution in [2.45, 2.75) is 0 Å². The van der Waals surface area contributed by atoms with Crippen LogP contribution in [-0.4, -0.2) is 17.3 Å². The molecule has 1 heterocycles. The van der Waals surface area contributed by atoms with Crippen LogP contribution in [0.2, 0.25) is 5.02 Å². The van der Waals surface area contributed by atoms with E-state index in [0.717, 1.165) is 0 Å². The predicted molar refractivity (Wildman–Crippen MR) is 54.1 cm³/mol. The van der Waals surface area contributed by atoms with E-state index < -0.39 is 5.76 Å². The molecule has 0 aliphatic heterocycles. The minimum Gasteiger partial charge on any atom is -0.496 e. The molecule has 0 spiro atoms. The monoisotopic (exact) mass is 226 g/mol. The molecule has 0 unspecified atom stereocenters. The highest BCUT2D eigenvalue weighted by Crippen LogP contribution is 2.30. The van der Waals surface area contributed by atoms with Crippen LogP contribution in [0, 0.1) is 0 Å². The number of ether oxygens (including phenoxy) is 1. The number of H-pyrrole nitrogens is 1. The predicted octanol–water partition coefficient (Wildman–Crippen LogP) is 1.69. The molecule has 1 aromatic heterocycles.